The first kappa shape index (κ1) is 12.1. The van der Waals surface area contributed by atoms with Crippen molar-refractivity contribution in [3.8, 4) is 0 Å². The smallest absolute Gasteiger partial charge is 0.0328 e. The lowest BCUT2D eigenvalue weighted by Gasteiger charge is -2.33. The predicted molar refractivity (Wildman–Crippen MR) is 73.8 cm³/mol. The molecule has 15 heavy (non-hydrogen) atoms. The van der Waals surface area contributed by atoms with E-state index in [-0.39, 0.29) is 0 Å². The van der Waals surface area contributed by atoms with Crippen molar-refractivity contribution in [1.29, 1.82) is 0 Å². The van der Waals surface area contributed by atoms with Gasteiger partial charge in [-0.15, -0.1) is 11.3 Å². The molecular formula is C11H15Br2NS. The van der Waals surface area contributed by atoms with Gasteiger partial charge in [0.1, 0.15) is 0 Å². The van der Waals surface area contributed by atoms with Gasteiger partial charge in [0.2, 0.25) is 0 Å². The molecule has 1 aromatic rings. The van der Waals surface area contributed by atoms with Crippen molar-refractivity contribution >= 4 is 43.2 Å². The standard InChI is InChI=1S/C11H15Br2NS/c1-8-5-14(3-2-11(8)13)6-10-4-9(12)7-15-10/h4,7-8,11H,2-3,5-6H2,1H3. The molecule has 1 fully saturated rings. The number of halogens is 2. The molecule has 2 heterocycles. The third kappa shape index (κ3) is 3.29. The van der Waals surface area contributed by atoms with Crippen LogP contribution in [0.15, 0.2) is 15.9 Å². The van der Waals surface area contributed by atoms with E-state index in [1.807, 2.05) is 11.3 Å². The van der Waals surface area contributed by atoms with Crippen molar-refractivity contribution in [3.63, 3.8) is 0 Å². The Morgan fingerprint density at radius 1 is 1.60 bits per heavy atom. The fourth-order valence-corrected chi connectivity index (χ4v) is 3.87. The summed E-state index contributed by atoms with van der Waals surface area (Å²) in [4.78, 5) is 4.73. The summed E-state index contributed by atoms with van der Waals surface area (Å²) in [7, 11) is 0. The van der Waals surface area contributed by atoms with Gasteiger partial charge in [-0.25, -0.2) is 0 Å². The Balaban J connectivity index is 1.90. The highest BCUT2D eigenvalue weighted by Gasteiger charge is 2.23. The summed E-state index contributed by atoms with van der Waals surface area (Å²) in [6, 6.07) is 2.23. The normalized spacial score (nSPS) is 28.2. The lowest BCUT2D eigenvalue weighted by atomic mass is 10.0. The molecule has 0 aliphatic carbocycles. The number of rotatable bonds is 2. The monoisotopic (exact) mass is 351 g/mol. The third-order valence-electron chi connectivity index (χ3n) is 2.89. The molecule has 84 valence electrons. The van der Waals surface area contributed by atoms with Crippen LogP contribution in [0.4, 0.5) is 0 Å². The van der Waals surface area contributed by atoms with Crippen LogP contribution in [0.5, 0.6) is 0 Å². The summed E-state index contributed by atoms with van der Waals surface area (Å²) in [6.45, 7) is 5.87. The summed E-state index contributed by atoms with van der Waals surface area (Å²) >= 11 is 9.09. The molecule has 2 rings (SSSR count). The zero-order valence-electron chi connectivity index (χ0n) is 8.75. The zero-order chi connectivity index (χ0) is 10.8. The van der Waals surface area contributed by atoms with Gasteiger partial charge in [0.15, 0.2) is 0 Å². The number of hydrogen-bond donors (Lipinski definition) is 0. The van der Waals surface area contributed by atoms with Crippen LogP contribution in [0.25, 0.3) is 0 Å². The Labute approximate surface area is 112 Å². The Bertz CT molecular complexity index is 326. The van der Waals surface area contributed by atoms with Gasteiger partial charge in [0.05, 0.1) is 0 Å². The fourth-order valence-electron chi connectivity index (χ4n) is 2.00. The van der Waals surface area contributed by atoms with E-state index >= 15 is 0 Å². The predicted octanol–water partition coefficient (Wildman–Crippen LogP) is 4.12. The second-order valence-electron chi connectivity index (χ2n) is 4.25. The van der Waals surface area contributed by atoms with Crippen LogP contribution < -0.4 is 0 Å². The summed E-state index contributed by atoms with van der Waals surface area (Å²) in [5, 5.41) is 2.16. The molecule has 1 aliphatic heterocycles. The third-order valence-corrected chi connectivity index (χ3v) is 5.93. The largest absolute Gasteiger partial charge is 0.298 e. The van der Waals surface area contributed by atoms with Crippen molar-refractivity contribution in [1.82, 2.24) is 4.90 Å². The molecular weight excluding hydrogens is 338 g/mol. The van der Waals surface area contributed by atoms with Crippen molar-refractivity contribution in [2.24, 2.45) is 5.92 Å². The lowest BCUT2D eigenvalue weighted by Crippen LogP contribution is -2.38. The van der Waals surface area contributed by atoms with Crippen molar-refractivity contribution in [2.75, 3.05) is 13.1 Å². The molecule has 0 saturated carbocycles. The minimum atomic E-state index is 0.712. The highest BCUT2D eigenvalue weighted by molar-refractivity contribution is 9.10. The molecule has 1 saturated heterocycles. The Morgan fingerprint density at radius 2 is 2.40 bits per heavy atom. The first-order chi connectivity index (χ1) is 7.15. The molecule has 0 aromatic carbocycles. The van der Waals surface area contributed by atoms with Gasteiger partial charge in [-0.05, 0) is 40.9 Å². The topological polar surface area (TPSA) is 3.24 Å². The first-order valence-electron chi connectivity index (χ1n) is 5.24. The van der Waals surface area contributed by atoms with E-state index in [1.54, 1.807) is 0 Å². The molecule has 2 unspecified atom stereocenters. The molecule has 2 atom stereocenters. The molecule has 1 aliphatic rings. The van der Waals surface area contributed by atoms with Crippen LogP contribution in [-0.4, -0.2) is 22.8 Å². The number of nitrogens with zero attached hydrogens (tertiary/aromatic N) is 1. The molecule has 0 bridgehead atoms. The summed E-state index contributed by atoms with van der Waals surface area (Å²) in [6.07, 6.45) is 1.27. The van der Waals surface area contributed by atoms with Gasteiger partial charge in [-0.3, -0.25) is 4.90 Å². The minimum Gasteiger partial charge on any atom is -0.298 e. The van der Waals surface area contributed by atoms with Crippen LogP contribution in [0, 0.1) is 5.92 Å². The van der Waals surface area contributed by atoms with Gasteiger partial charge >= 0.3 is 0 Å². The highest BCUT2D eigenvalue weighted by atomic mass is 79.9. The molecule has 1 aromatic heterocycles. The van der Waals surface area contributed by atoms with Crippen LogP contribution in [0.1, 0.15) is 18.2 Å². The summed E-state index contributed by atoms with van der Waals surface area (Å²) in [5.41, 5.74) is 0. The van der Waals surface area contributed by atoms with E-state index < -0.39 is 0 Å². The van der Waals surface area contributed by atoms with Gasteiger partial charge in [-0.1, -0.05) is 22.9 Å². The van der Waals surface area contributed by atoms with Gasteiger partial charge in [-0.2, -0.15) is 0 Å². The number of piperidine rings is 1. The minimum absolute atomic E-state index is 0.712. The SMILES string of the molecule is CC1CN(Cc2cc(Br)cs2)CCC1Br. The molecule has 4 heteroatoms. The van der Waals surface area contributed by atoms with Gasteiger partial charge in [0, 0.05) is 32.6 Å². The van der Waals surface area contributed by atoms with E-state index in [9.17, 15) is 0 Å². The number of hydrogen-bond acceptors (Lipinski definition) is 2. The van der Waals surface area contributed by atoms with Crippen molar-refractivity contribution in [3.05, 3.63) is 20.8 Å². The number of likely N-dealkylation sites (tertiary alicyclic amines) is 1. The van der Waals surface area contributed by atoms with Crippen molar-refractivity contribution in [2.45, 2.75) is 24.7 Å². The lowest BCUT2D eigenvalue weighted by molar-refractivity contribution is 0.185. The first-order valence-corrected chi connectivity index (χ1v) is 7.83. The molecule has 0 radical (unpaired) electrons. The quantitative estimate of drug-likeness (QED) is 0.724. The Kier molecular flexibility index (Phi) is 4.27. The van der Waals surface area contributed by atoms with E-state index in [2.05, 4.69) is 55.1 Å². The Hall–Kier alpha value is 0.620. The van der Waals surface area contributed by atoms with Crippen LogP contribution in [0.2, 0.25) is 0 Å². The zero-order valence-corrected chi connectivity index (χ0v) is 12.7. The number of thiophene rings is 1. The van der Waals surface area contributed by atoms with Crippen LogP contribution in [0.3, 0.4) is 0 Å². The van der Waals surface area contributed by atoms with Crippen LogP contribution in [-0.2, 0) is 6.54 Å². The summed E-state index contributed by atoms with van der Waals surface area (Å²) < 4.78 is 1.21. The molecule has 1 nitrogen and oxygen atoms in total. The molecule has 0 amide bonds. The Morgan fingerprint density at radius 3 is 3.00 bits per heavy atom. The molecule has 0 spiro atoms. The van der Waals surface area contributed by atoms with E-state index in [1.165, 1.54) is 28.9 Å². The average Bonchev–Trinajstić information content (AvgIpc) is 2.58. The van der Waals surface area contributed by atoms with Crippen molar-refractivity contribution < 1.29 is 0 Å². The maximum atomic E-state index is 3.74. The highest BCUT2D eigenvalue weighted by Crippen LogP contribution is 2.26. The van der Waals surface area contributed by atoms with E-state index in [0.717, 1.165) is 12.5 Å². The van der Waals surface area contributed by atoms with Gasteiger partial charge in [0.25, 0.3) is 0 Å². The maximum absolute atomic E-state index is 3.74. The average molecular weight is 353 g/mol. The summed E-state index contributed by atoms with van der Waals surface area (Å²) in [5.74, 6) is 0.766. The maximum Gasteiger partial charge on any atom is 0.0328 e. The second-order valence-corrected chi connectivity index (χ2v) is 7.34. The number of alkyl halides is 1. The van der Waals surface area contributed by atoms with E-state index in [0.29, 0.717) is 4.83 Å². The van der Waals surface area contributed by atoms with Gasteiger partial charge < -0.3 is 0 Å². The second kappa shape index (κ2) is 5.30. The van der Waals surface area contributed by atoms with Crippen LogP contribution >= 0.6 is 43.2 Å². The molecule has 0 N–H and O–H groups in total. The van der Waals surface area contributed by atoms with E-state index in [4.69, 9.17) is 0 Å². The fraction of sp³-hybridized carbons (Fsp3) is 0.636.